The molecule has 1 aromatic carbocycles. The van der Waals surface area contributed by atoms with E-state index < -0.39 is 0 Å². The van der Waals surface area contributed by atoms with Gasteiger partial charge in [-0.3, -0.25) is 10.1 Å². The first-order valence-corrected chi connectivity index (χ1v) is 9.14. The van der Waals surface area contributed by atoms with Crippen molar-refractivity contribution in [2.75, 3.05) is 5.43 Å². The topological polar surface area (TPSA) is 68.0 Å². The monoisotopic (exact) mass is 380 g/mol. The lowest BCUT2D eigenvalue weighted by Gasteiger charge is -2.00. The largest absolute Gasteiger partial charge is 0.272 e. The van der Waals surface area contributed by atoms with Gasteiger partial charge in [-0.05, 0) is 37.6 Å². The first-order chi connectivity index (χ1) is 13.0. The highest BCUT2D eigenvalue weighted by Gasteiger charge is 2.11. The number of thiophene rings is 1. The van der Waals surface area contributed by atoms with E-state index >= 15 is 0 Å². The Morgan fingerprint density at radius 3 is 2.67 bits per heavy atom. The number of anilines is 1. The number of rotatable bonds is 4. The van der Waals surface area contributed by atoms with E-state index in [0.717, 1.165) is 37.6 Å². The van der Waals surface area contributed by atoms with Gasteiger partial charge in [0.1, 0.15) is 12.1 Å². The van der Waals surface area contributed by atoms with Crippen LogP contribution >= 0.6 is 11.3 Å². The van der Waals surface area contributed by atoms with Crippen molar-refractivity contribution in [2.24, 2.45) is 12.1 Å². The van der Waals surface area contributed by atoms with Gasteiger partial charge < -0.3 is 0 Å². The summed E-state index contributed by atoms with van der Waals surface area (Å²) in [4.78, 5) is 9.62. The van der Waals surface area contributed by atoms with Gasteiger partial charge >= 0.3 is 0 Å². The van der Waals surface area contributed by atoms with Crippen LogP contribution in [0.3, 0.4) is 0 Å². The van der Waals surface area contributed by atoms with E-state index in [9.17, 15) is 4.39 Å². The molecular weight excluding hydrogens is 363 g/mol. The zero-order chi connectivity index (χ0) is 19.0. The lowest BCUT2D eigenvalue weighted by molar-refractivity contribution is 0.628. The van der Waals surface area contributed by atoms with Crippen molar-refractivity contribution in [3.63, 3.8) is 0 Å². The first-order valence-electron chi connectivity index (χ1n) is 8.32. The fraction of sp³-hybridized carbons (Fsp3) is 0.158. The highest BCUT2D eigenvalue weighted by molar-refractivity contribution is 7.22. The smallest absolute Gasteiger partial charge is 0.167 e. The molecule has 1 N–H and O–H groups in total. The van der Waals surface area contributed by atoms with Gasteiger partial charge in [0.25, 0.3) is 0 Å². The van der Waals surface area contributed by atoms with Crippen LogP contribution in [0.2, 0.25) is 0 Å². The fourth-order valence-electron chi connectivity index (χ4n) is 2.83. The summed E-state index contributed by atoms with van der Waals surface area (Å²) in [6, 6.07) is 8.39. The van der Waals surface area contributed by atoms with E-state index in [1.54, 1.807) is 18.3 Å². The summed E-state index contributed by atoms with van der Waals surface area (Å²) >= 11 is 1.54. The molecule has 0 atom stereocenters. The molecule has 4 aromatic rings. The number of hydrogen-bond donors (Lipinski definition) is 1. The number of aromatic nitrogens is 4. The van der Waals surface area contributed by atoms with Crippen molar-refractivity contribution in [1.82, 2.24) is 19.7 Å². The highest BCUT2D eigenvalue weighted by Crippen LogP contribution is 2.35. The Kier molecular flexibility index (Phi) is 4.41. The second kappa shape index (κ2) is 6.88. The second-order valence-electron chi connectivity index (χ2n) is 6.13. The third kappa shape index (κ3) is 3.31. The summed E-state index contributed by atoms with van der Waals surface area (Å²) in [6.07, 6.45) is 3.25. The van der Waals surface area contributed by atoms with Gasteiger partial charge in [0.05, 0.1) is 22.1 Å². The molecule has 0 spiro atoms. The number of fused-ring (bicyclic) bond motifs is 1. The average molecular weight is 380 g/mol. The minimum absolute atomic E-state index is 0.252. The van der Waals surface area contributed by atoms with Crippen LogP contribution in [0, 0.1) is 19.7 Å². The molecule has 4 rings (SSSR count). The third-order valence-electron chi connectivity index (χ3n) is 4.37. The summed E-state index contributed by atoms with van der Waals surface area (Å²) in [5.41, 5.74) is 7.71. The van der Waals surface area contributed by atoms with E-state index in [2.05, 4.69) is 25.6 Å². The van der Waals surface area contributed by atoms with Crippen LogP contribution in [0.4, 0.5) is 10.2 Å². The summed E-state index contributed by atoms with van der Waals surface area (Å²) in [5.74, 6) is 0.381. The van der Waals surface area contributed by atoms with Gasteiger partial charge in [0, 0.05) is 23.2 Å². The number of nitrogens with one attached hydrogen (secondary N) is 1. The molecule has 0 radical (unpaired) electrons. The lowest BCUT2D eigenvalue weighted by atomic mass is 10.2. The molecule has 6 nitrogen and oxygen atoms in total. The predicted molar refractivity (Wildman–Crippen MR) is 107 cm³/mol. The maximum Gasteiger partial charge on any atom is 0.167 e. The number of hydrazone groups is 1. The molecule has 0 amide bonds. The van der Waals surface area contributed by atoms with E-state index in [1.807, 2.05) is 31.6 Å². The number of hydrogen-bond acceptors (Lipinski definition) is 6. The maximum absolute atomic E-state index is 13.2. The Hall–Kier alpha value is -3.13. The summed E-state index contributed by atoms with van der Waals surface area (Å²) in [5, 5.41) is 8.71. The van der Waals surface area contributed by atoms with Crippen LogP contribution in [0.25, 0.3) is 20.7 Å². The van der Waals surface area contributed by atoms with Crippen LogP contribution in [0.1, 0.15) is 17.0 Å². The molecule has 8 heteroatoms. The first kappa shape index (κ1) is 17.3. The van der Waals surface area contributed by atoms with Crippen LogP contribution in [-0.4, -0.2) is 26.0 Å². The molecule has 0 unspecified atom stereocenters. The van der Waals surface area contributed by atoms with Gasteiger partial charge in [0.2, 0.25) is 0 Å². The number of benzene rings is 1. The van der Waals surface area contributed by atoms with Crippen LogP contribution in [-0.2, 0) is 7.05 Å². The van der Waals surface area contributed by atoms with E-state index in [0.29, 0.717) is 5.82 Å². The van der Waals surface area contributed by atoms with Gasteiger partial charge in [0.15, 0.2) is 5.82 Å². The summed E-state index contributed by atoms with van der Waals surface area (Å²) in [7, 11) is 1.91. The van der Waals surface area contributed by atoms with Crippen LogP contribution < -0.4 is 5.43 Å². The van der Waals surface area contributed by atoms with Gasteiger partial charge in [-0.25, -0.2) is 14.4 Å². The summed E-state index contributed by atoms with van der Waals surface area (Å²) < 4.78 is 15.9. The van der Waals surface area contributed by atoms with Gasteiger partial charge in [-0.1, -0.05) is 12.1 Å². The Morgan fingerprint density at radius 2 is 1.96 bits per heavy atom. The molecule has 0 fully saturated rings. The third-order valence-corrected chi connectivity index (χ3v) is 5.55. The lowest BCUT2D eigenvalue weighted by Crippen LogP contribution is -1.96. The minimum Gasteiger partial charge on any atom is -0.272 e. The zero-order valence-corrected chi connectivity index (χ0v) is 15.9. The standard InChI is InChI=1S/C19H17FN6S/c1-11-15(12(2)26(3)25-11)9-23-24-19-18-16(21-10-22-19)8-17(27-18)13-4-6-14(20)7-5-13/h4-10H,1-3H3,(H,21,22,24). The van der Waals surface area contributed by atoms with Crippen molar-refractivity contribution in [1.29, 1.82) is 0 Å². The molecule has 0 bridgehead atoms. The molecule has 0 aliphatic heterocycles. The second-order valence-corrected chi connectivity index (χ2v) is 7.18. The molecule has 0 saturated carbocycles. The SMILES string of the molecule is Cc1nn(C)c(C)c1C=NNc1ncnc2cc(-c3ccc(F)cc3)sc12. The van der Waals surface area contributed by atoms with Crippen LogP contribution in [0.15, 0.2) is 41.8 Å². The van der Waals surface area contributed by atoms with E-state index in [-0.39, 0.29) is 5.82 Å². The van der Waals surface area contributed by atoms with E-state index in [4.69, 9.17) is 0 Å². The molecule has 0 aliphatic rings. The molecule has 27 heavy (non-hydrogen) atoms. The van der Waals surface area contributed by atoms with E-state index in [1.165, 1.54) is 29.8 Å². The Balaban J connectivity index is 1.64. The predicted octanol–water partition coefficient (Wildman–Crippen LogP) is 4.29. The number of aryl methyl sites for hydroxylation is 2. The molecular formula is C19H17FN6S. The highest BCUT2D eigenvalue weighted by atomic mass is 32.1. The molecule has 0 saturated heterocycles. The van der Waals surface area contributed by atoms with Gasteiger partial charge in [-0.2, -0.15) is 10.2 Å². The molecule has 136 valence electrons. The van der Waals surface area contributed by atoms with Crippen molar-refractivity contribution < 1.29 is 4.39 Å². The minimum atomic E-state index is -0.252. The van der Waals surface area contributed by atoms with Gasteiger partial charge in [-0.15, -0.1) is 11.3 Å². The molecule has 3 heterocycles. The Morgan fingerprint density at radius 1 is 1.19 bits per heavy atom. The average Bonchev–Trinajstić information content (AvgIpc) is 3.19. The van der Waals surface area contributed by atoms with Crippen molar-refractivity contribution in [3.05, 3.63) is 59.4 Å². The molecule has 0 aliphatic carbocycles. The number of halogens is 1. The van der Waals surface area contributed by atoms with Crippen molar-refractivity contribution >= 4 is 33.6 Å². The number of nitrogens with zero attached hydrogens (tertiary/aromatic N) is 5. The fourth-order valence-corrected chi connectivity index (χ4v) is 3.88. The van der Waals surface area contributed by atoms with Crippen molar-refractivity contribution in [2.45, 2.75) is 13.8 Å². The Bertz CT molecular complexity index is 1140. The normalized spacial score (nSPS) is 11.6. The zero-order valence-electron chi connectivity index (χ0n) is 15.1. The maximum atomic E-state index is 13.2. The van der Waals surface area contributed by atoms with Crippen molar-refractivity contribution in [3.8, 4) is 10.4 Å². The summed E-state index contributed by atoms with van der Waals surface area (Å²) in [6.45, 7) is 3.95. The quantitative estimate of drug-likeness (QED) is 0.423. The molecule has 3 aromatic heterocycles. The van der Waals surface area contributed by atoms with Crippen LogP contribution in [0.5, 0.6) is 0 Å². The Labute approximate surface area is 159 Å².